The minimum absolute atomic E-state index is 0.0144. The highest BCUT2D eigenvalue weighted by Gasteiger charge is 2.21. The second kappa shape index (κ2) is 41.5. The van der Waals surface area contributed by atoms with E-state index in [9.17, 15) is 19.8 Å². The largest absolute Gasteiger partial charge is 0.465 e. The molecule has 0 fully saturated rings. The maximum absolute atomic E-state index is 13.0. The summed E-state index contributed by atoms with van der Waals surface area (Å²) < 4.78 is 11.5. The van der Waals surface area contributed by atoms with Crippen LogP contribution in [0, 0.1) is 11.8 Å². The summed E-state index contributed by atoms with van der Waals surface area (Å²) in [5.74, 6) is 0.102. The average molecular weight is 768 g/mol. The molecule has 2 N–H and O–H groups in total. The van der Waals surface area contributed by atoms with E-state index in [4.69, 9.17) is 9.47 Å². The smallest absolute Gasteiger partial charge is 0.308 e. The quantitative estimate of drug-likeness (QED) is 0.0471. The lowest BCUT2D eigenvalue weighted by Crippen LogP contribution is -2.34. The van der Waals surface area contributed by atoms with Crippen molar-refractivity contribution < 1.29 is 29.3 Å². The SMILES string of the molecule is CCCCCCCCC(CCCCCC)C(=O)OCCCCCCN(CCCO)CC(O)CCCCOC(=O)C(CCCCCC)CCCCCCCC. The number of rotatable bonds is 43. The van der Waals surface area contributed by atoms with Crippen molar-refractivity contribution in [1.29, 1.82) is 0 Å². The van der Waals surface area contributed by atoms with Crippen LogP contribution in [-0.4, -0.2) is 72.6 Å². The summed E-state index contributed by atoms with van der Waals surface area (Å²) in [7, 11) is 0. The van der Waals surface area contributed by atoms with Gasteiger partial charge in [0.05, 0.1) is 31.2 Å². The fourth-order valence-electron chi connectivity index (χ4n) is 7.57. The third-order valence-electron chi connectivity index (χ3n) is 11.2. The number of esters is 2. The topological polar surface area (TPSA) is 96.3 Å². The maximum atomic E-state index is 13.0. The first kappa shape index (κ1) is 52.8. The van der Waals surface area contributed by atoms with Gasteiger partial charge in [0.25, 0.3) is 0 Å². The van der Waals surface area contributed by atoms with Gasteiger partial charge in [0, 0.05) is 19.7 Å². The van der Waals surface area contributed by atoms with Crippen LogP contribution in [0.15, 0.2) is 0 Å². The summed E-state index contributed by atoms with van der Waals surface area (Å²) in [5.41, 5.74) is 0. The molecule has 0 aliphatic heterocycles. The van der Waals surface area contributed by atoms with Crippen LogP contribution in [0.4, 0.5) is 0 Å². The molecule has 0 spiro atoms. The highest BCUT2D eigenvalue weighted by Crippen LogP contribution is 2.22. The van der Waals surface area contributed by atoms with Crippen LogP contribution >= 0.6 is 0 Å². The molecule has 0 heterocycles. The number of carbonyl (C=O) groups is 2. The van der Waals surface area contributed by atoms with Crippen LogP contribution in [0.5, 0.6) is 0 Å². The summed E-state index contributed by atoms with van der Waals surface area (Å²) in [4.78, 5) is 28.2. The van der Waals surface area contributed by atoms with E-state index in [0.29, 0.717) is 32.6 Å². The molecule has 7 heteroatoms. The average Bonchev–Trinajstić information content (AvgIpc) is 3.17. The Morgan fingerprint density at radius 2 is 0.778 bits per heavy atom. The molecular weight excluding hydrogens is 675 g/mol. The number of nitrogens with zero attached hydrogens (tertiary/aromatic N) is 1. The summed E-state index contributed by atoms with van der Waals surface area (Å²) >= 11 is 0. The highest BCUT2D eigenvalue weighted by molar-refractivity contribution is 5.72. The summed E-state index contributed by atoms with van der Waals surface area (Å²) in [6.07, 6.45) is 34.9. The molecule has 0 radical (unpaired) electrons. The molecule has 3 unspecified atom stereocenters. The van der Waals surface area contributed by atoms with Crippen LogP contribution in [0.3, 0.4) is 0 Å². The molecule has 0 amide bonds. The zero-order valence-electron chi connectivity index (χ0n) is 36.6. The van der Waals surface area contributed by atoms with E-state index < -0.39 is 6.10 Å². The second-order valence-corrected chi connectivity index (χ2v) is 16.5. The fraction of sp³-hybridized carbons (Fsp3) is 0.957. The van der Waals surface area contributed by atoms with Crippen molar-refractivity contribution in [3.8, 4) is 0 Å². The maximum Gasteiger partial charge on any atom is 0.308 e. The van der Waals surface area contributed by atoms with Crippen molar-refractivity contribution in [2.75, 3.05) is 39.5 Å². The van der Waals surface area contributed by atoms with Crippen LogP contribution in [0.25, 0.3) is 0 Å². The molecule has 0 aliphatic rings. The highest BCUT2D eigenvalue weighted by atomic mass is 16.5. The number of ether oxygens (including phenoxy) is 2. The van der Waals surface area contributed by atoms with Crippen molar-refractivity contribution in [3.63, 3.8) is 0 Å². The fourth-order valence-corrected chi connectivity index (χ4v) is 7.57. The summed E-state index contributed by atoms with van der Waals surface area (Å²) in [6, 6.07) is 0. The molecule has 0 saturated carbocycles. The van der Waals surface area contributed by atoms with E-state index in [1.807, 2.05) is 0 Å². The third-order valence-corrected chi connectivity index (χ3v) is 11.2. The van der Waals surface area contributed by atoms with Gasteiger partial charge >= 0.3 is 11.9 Å². The van der Waals surface area contributed by atoms with Crippen molar-refractivity contribution >= 4 is 11.9 Å². The molecular formula is C47H93NO6. The normalized spacial score (nSPS) is 13.3. The van der Waals surface area contributed by atoms with Gasteiger partial charge in [0.2, 0.25) is 0 Å². The molecule has 0 rings (SSSR count). The van der Waals surface area contributed by atoms with E-state index >= 15 is 0 Å². The molecule has 0 bridgehead atoms. The molecule has 54 heavy (non-hydrogen) atoms. The molecule has 322 valence electrons. The van der Waals surface area contributed by atoms with Crippen molar-refractivity contribution in [3.05, 3.63) is 0 Å². The van der Waals surface area contributed by atoms with Crippen LogP contribution in [0.1, 0.15) is 233 Å². The Kier molecular flexibility index (Phi) is 40.5. The Morgan fingerprint density at radius 1 is 0.444 bits per heavy atom. The van der Waals surface area contributed by atoms with E-state index in [-0.39, 0.29) is 30.4 Å². The Labute approximate surface area is 335 Å². The van der Waals surface area contributed by atoms with Gasteiger partial charge in [0.1, 0.15) is 0 Å². The van der Waals surface area contributed by atoms with Crippen molar-refractivity contribution in [2.24, 2.45) is 11.8 Å². The minimum atomic E-state index is -0.427. The standard InChI is InChI=1S/C47H93NO6/c1-5-9-13-17-19-25-34-43(32-23-15-11-7-3)46(51)53-40-29-22-21-28-37-48(38-31-39-49)42-45(50)36-27-30-41-54-47(52)44(33-24-16-12-8-4)35-26-20-18-14-10-6-2/h43-45,49-50H,5-42H2,1-4H3. The van der Waals surface area contributed by atoms with Gasteiger partial charge in [0.15, 0.2) is 0 Å². The van der Waals surface area contributed by atoms with Crippen molar-refractivity contribution in [2.45, 2.75) is 239 Å². The Hall–Kier alpha value is -1.18. The monoisotopic (exact) mass is 768 g/mol. The number of unbranched alkanes of at least 4 members (excludes halogenated alkanes) is 20. The van der Waals surface area contributed by atoms with E-state index in [1.54, 1.807) is 0 Å². The van der Waals surface area contributed by atoms with Gasteiger partial charge in [-0.3, -0.25) is 9.59 Å². The molecule has 0 aromatic rings. The number of aliphatic hydroxyl groups is 2. The number of aliphatic hydroxyl groups excluding tert-OH is 2. The molecule has 0 aromatic carbocycles. The Bertz CT molecular complexity index is 794. The molecule has 0 saturated heterocycles. The van der Waals surface area contributed by atoms with Gasteiger partial charge in [-0.2, -0.15) is 0 Å². The van der Waals surface area contributed by atoms with Gasteiger partial charge < -0.3 is 24.6 Å². The van der Waals surface area contributed by atoms with Gasteiger partial charge in [-0.05, 0) is 70.8 Å². The molecule has 0 aliphatic carbocycles. The van der Waals surface area contributed by atoms with E-state index in [2.05, 4.69) is 32.6 Å². The summed E-state index contributed by atoms with van der Waals surface area (Å²) in [5, 5.41) is 20.3. The number of hydrogen-bond donors (Lipinski definition) is 2. The lowest BCUT2D eigenvalue weighted by atomic mass is 9.94. The van der Waals surface area contributed by atoms with Crippen LogP contribution in [0.2, 0.25) is 0 Å². The Balaban J connectivity index is 4.41. The first-order valence-electron chi connectivity index (χ1n) is 23.8. The molecule has 0 aromatic heterocycles. The van der Waals surface area contributed by atoms with Gasteiger partial charge in [-0.25, -0.2) is 0 Å². The summed E-state index contributed by atoms with van der Waals surface area (Å²) in [6.45, 7) is 12.3. The lowest BCUT2D eigenvalue weighted by Gasteiger charge is -2.25. The first-order chi connectivity index (χ1) is 26.4. The Morgan fingerprint density at radius 3 is 1.22 bits per heavy atom. The molecule has 7 nitrogen and oxygen atoms in total. The third kappa shape index (κ3) is 34.1. The number of hydrogen-bond acceptors (Lipinski definition) is 7. The number of carbonyl (C=O) groups excluding carboxylic acids is 2. The predicted octanol–water partition coefficient (Wildman–Crippen LogP) is 12.5. The zero-order chi connectivity index (χ0) is 39.7. The van der Waals surface area contributed by atoms with E-state index in [1.165, 1.54) is 103 Å². The van der Waals surface area contributed by atoms with Gasteiger partial charge in [-0.1, -0.05) is 169 Å². The first-order valence-corrected chi connectivity index (χ1v) is 23.8. The minimum Gasteiger partial charge on any atom is -0.465 e. The van der Waals surface area contributed by atoms with Crippen LogP contribution < -0.4 is 0 Å². The van der Waals surface area contributed by atoms with E-state index in [0.717, 1.165) is 103 Å². The van der Waals surface area contributed by atoms with Crippen LogP contribution in [-0.2, 0) is 19.1 Å². The second-order valence-electron chi connectivity index (χ2n) is 16.5. The lowest BCUT2D eigenvalue weighted by molar-refractivity contribution is -0.150. The zero-order valence-corrected chi connectivity index (χ0v) is 36.6. The predicted molar refractivity (Wildman–Crippen MR) is 229 cm³/mol. The molecule has 3 atom stereocenters. The van der Waals surface area contributed by atoms with Gasteiger partial charge in [-0.15, -0.1) is 0 Å². The van der Waals surface area contributed by atoms with Crippen molar-refractivity contribution in [1.82, 2.24) is 4.90 Å².